The van der Waals surface area contributed by atoms with Crippen LogP contribution in [-0.4, -0.2) is 20.7 Å². The lowest BCUT2D eigenvalue weighted by Crippen LogP contribution is -2.25. The minimum Gasteiger partial charge on any atom is -0.364 e. The summed E-state index contributed by atoms with van der Waals surface area (Å²) in [6.45, 7) is 0. The fourth-order valence-corrected chi connectivity index (χ4v) is 3.21. The number of aryl methyl sites for hydroxylation is 1. The van der Waals surface area contributed by atoms with E-state index in [1.807, 2.05) is 6.07 Å². The molecule has 2 N–H and O–H groups in total. The topological polar surface area (TPSA) is 90.9 Å². The highest BCUT2D eigenvalue weighted by atomic mass is 32.1. The van der Waals surface area contributed by atoms with Gasteiger partial charge < -0.3 is 5.73 Å². The van der Waals surface area contributed by atoms with Gasteiger partial charge in [0, 0.05) is 36.2 Å². The molecule has 1 aromatic carbocycles. The number of hydrogen-bond donors (Lipinski definition) is 1. The Balaban J connectivity index is 1.98. The minimum absolute atomic E-state index is 0.0104. The van der Waals surface area contributed by atoms with Gasteiger partial charge in [-0.2, -0.15) is 5.10 Å². The average Bonchev–Trinajstić information content (AvgIpc) is 2.97. The summed E-state index contributed by atoms with van der Waals surface area (Å²) in [5, 5.41) is 4.37. The van der Waals surface area contributed by atoms with E-state index in [2.05, 4.69) is 10.1 Å². The largest absolute Gasteiger partial charge is 0.364 e. The monoisotopic (exact) mass is 344 g/mol. The standard InChI is InChI=1S/C16H13FN4O2S/c1-21-13(22)7-12(14(20-21)15(18)23)16-19-8-11(24-16)6-9-3-2-4-10(17)5-9/h2-5,7-8H,6H2,1H3,(H2,18,23). The third kappa shape index (κ3) is 3.23. The van der Waals surface area contributed by atoms with E-state index in [4.69, 9.17) is 5.73 Å². The molecule has 6 nitrogen and oxygen atoms in total. The summed E-state index contributed by atoms with van der Waals surface area (Å²) in [5.74, 6) is -1.04. The van der Waals surface area contributed by atoms with E-state index >= 15 is 0 Å². The van der Waals surface area contributed by atoms with Crippen LogP contribution in [0.15, 0.2) is 41.3 Å². The zero-order chi connectivity index (χ0) is 17.3. The second-order valence-electron chi connectivity index (χ2n) is 5.17. The number of halogens is 1. The molecule has 2 aromatic heterocycles. The number of carbonyl (C=O) groups excluding carboxylic acids is 1. The number of aromatic nitrogens is 3. The maximum absolute atomic E-state index is 13.3. The van der Waals surface area contributed by atoms with Crippen molar-refractivity contribution in [3.63, 3.8) is 0 Å². The van der Waals surface area contributed by atoms with Gasteiger partial charge in [-0.1, -0.05) is 12.1 Å². The van der Waals surface area contributed by atoms with Crippen molar-refractivity contribution in [1.82, 2.24) is 14.8 Å². The number of nitrogens with zero attached hydrogens (tertiary/aromatic N) is 3. The first-order valence-corrected chi connectivity index (χ1v) is 7.83. The quantitative estimate of drug-likeness (QED) is 0.780. The van der Waals surface area contributed by atoms with Crippen molar-refractivity contribution >= 4 is 17.2 Å². The van der Waals surface area contributed by atoms with Crippen LogP contribution in [0.25, 0.3) is 10.6 Å². The summed E-state index contributed by atoms with van der Waals surface area (Å²) in [5.41, 5.74) is 6.08. The molecule has 122 valence electrons. The lowest BCUT2D eigenvalue weighted by molar-refractivity contribution is 0.0994. The number of primary amides is 1. The molecule has 3 rings (SSSR count). The number of thiazole rings is 1. The molecule has 0 fully saturated rings. The van der Waals surface area contributed by atoms with Gasteiger partial charge in [-0.25, -0.2) is 14.1 Å². The van der Waals surface area contributed by atoms with Crippen LogP contribution in [0.2, 0.25) is 0 Å². The van der Waals surface area contributed by atoms with Crippen LogP contribution >= 0.6 is 11.3 Å². The molecular weight excluding hydrogens is 331 g/mol. The normalized spacial score (nSPS) is 10.8. The van der Waals surface area contributed by atoms with Gasteiger partial charge in [0.1, 0.15) is 10.8 Å². The van der Waals surface area contributed by atoms with E-state index in [9.17, 15) is 14.0 Å². The third-order valence-electron chi connectivity index (χ3n) is 3.38. The van der Waals surface area contributed by atoms with Crippen LogP contribution in [0.5, 0.6) is 0 Å². The van der Waals surface area contributed by atoms with E-state index in [0.29, 0.717) is 17.0 Å². The fourth-order valence-electron chi connectivity index (χ4n) is 2.25. The smallest absolute Gasteiger partial charge is 0.269 e. The van der Waals surface area contributed by atoms with E-state index in [0.717, 1.165) is 15.1 Å². The van der Waals surface area contributed by atoms with Gasteiger partial charge in [-0.15, -0.1) is 11.3 Å². The van der Waals surface area contributed by atoms with E-state index in [1.54, 1.807) is 12.3 Å². The number of hydrogen-bond acceptors (Lipinski definition) is 5. The van der Waals surface area contributed by atoms with Crippen molar-refractivity contribution < 1.29 is 9.18 Å². The van der Waals surface area contributed by atoms with E-state index < -0.39 is 5.91 Å². The van der Waals surface area contributed by atoms with Gasteiger partial charge in [-0.05, 0) is 17.7 Å². The number of rotatable bonds is 4. The molecule has 0 saturated heterocycles. The van der Waals surface area contributed by atoms with Crippen LogP contribution in [0.3, 0.4) is 0 Å². The van der Waals surface area contributed by atoms with Gasteiger partial charge in [-0.3, -0.25) is 9.59 Å². The van der Waals surface area contributed by atoms with Crippen molar-refractivity contribution in [1.29, 1.82) is 0 Å². The molecule has 2 heterocycles. The maximum Gasteiger partial charge on any atom is 0.269 e. The highest BCUT2D eigenvalue weighted by Gasteiger charge is 2.17. The molecule has 0 bridgehead atoms. The Labute approximate surface area is 140 Å². The molecule has 24 heavy (non-hydrogen) atoms. The SMILES string of the molecule is Cn1nc(C(N)=O)c(-c2ncc(Cc3cccc(F)c3)s2)cc1=O. The maximum atomic E-state index is 13.3. The summed E-state index contributed by atoms with van der Waals surface area (Å²) in [6, 6.07) is 7.58. The average molecular weight is 344 g/mol. The minimum atomic E-state index is -0.734. The molecule has 0 radical (unpaired) electrons. The summed E-state index contributed by atoms with van der Waals surface area (Å²) < 4.78 is 14.3. The van der Waals surface area contributed by atoms with Gasteiger partial charge in [0.05, 0.1) is 0 Å². The summed E-state index contributed by atoms with van der Waals surface area (Å²) in [6.07, 6.45) is 2.13. The van der Waals surface area contributed by atoms with Crippen LogP contribution in [0.1, 0.15) is 20.9 Å². The van der Waals surface area contributed by atoms with E-state index in [1.165, 1.54) is 36.6 Å². The Bertz CT molecular complexity index is 980. The molecule has 0 spiro atoms. The van der Waals surface area contributed by atoms with Gasteiger partial charge in [0.15, 0.2) is 5.69 Å². The van der Waals surface area contributed by atoms with Crippen molar-refractivity contribution in [3.8, 4) is 10.6 Å². The second kappa shape index (κ2) is 6.32. The third-order valence-corrected chi connectivity index (χ3v) is 4.41. The Morgan fingerprint density at radius 3 is 2.88 bits per heavy atom. The number of nitrogens with two attached hydrogens (primary N) is 1. The van der Waals surface area contributed by atoms with Crippen molar-refractivity contribution in [2.24, 2.45) is 12.8 Å². The van der Waals surface area contributed by atoms with Crippen LogP contribution < -0.4 is 11.3 Å². The van der Waals surface area contributed by atoms with Crippen LogP contribution in [0.4, 0.5) is 4.39 Å². The predicted octanol–water partition coefficient (Wildman–Crippen LogP) is 1.73. The van der Waals surface area contributed by atoms with E-state index in [-0.39, 0.29) is 17.1 Å². The zero-order valence-corrected chi connectivity index (χ0v) is 13.5. The first-order chi connectivity index (χ1) is 11.4. The fraction of sp³-hybridized carbons (Fsp3) is 0.125. The first kappa shape index (κ1) is 16.0. The summed E-state index contributed by atoms with van der Waals surface area (Å²) in [7, 11) is 1.44. The van der Waals surface area contributed by atoms with Crippen molar-refractivity contribution in [2.45, 2.75) is 6.42 Å². The summed E-state index contributed by atoms with van der Waals surface area (Å²) in [4.78, 5) is 28.5. The molecule has 0 saturated carbocycles. The molecule has 0 aliphatic heterocycles. The number of benzene rings is 1. The molecule has 3 aromatic rings. The van der Waals surface area contributed by atoms with Crippen molar-refractivity contribution in [3.05, 3.63) is 68.8 Å². The Hall–Kier alpha value is -2.87. The Morgan fingerprint density at radius 2 is 2.17 bits per heavy atom. The van der Waals surface area contributed by atoms with Crippen molar-refractivity contribution in [2.75, 3.05) is 0 Å². The van der Waals surface area contributed by atoms with Crippen LogP contribution in [-0.2, 0) is 13.5 Å². The first-order valence-electron chi connectivity index (χ1n) is 7.01. The molecule has 1 amide bonds. The number of amides is 1. The van der Waals surface area contributed by atoms with Gasteiger partial charge in [0.2, 0.25) is 0 Å². The van der Waals surface area contributed by atoms with Crippen LogP contribution in [0, 0.1) is 5.82 Å². The highest BCUT2D eigenvalue weighted by Crippen LogP contribution is 2.27. The second-order valence-corrected chi connectivity index (χ2v) is 6.29. The lowest BCUT2D eigenvalue weighted by atomic mass is 10.1. The molecule has 0 atom stereocenters. The molecule has 8 heteroatoms. The van der Waals surface area contributed by atoms with Gasteiger partial charge in [0.25, 0.3) is 11.5 Å². The Morgan fingerprint density at radius 1 is 1.38 bits per heavy atom. The highest BCUT2D eigenvalue weighted by molar-refractivity contribution is 7.15. The zero-order valence-electron chi connectivity index (χ0n) is 12.7. The van der Waals surface area contributed by atoms with Gasteiger partial charge >= 0.3 is 0 Å². The molecule has 0 aliphatic rings. The summed E-state index contributed by atoms with van der Waals surface area (Å²) >= 11 is 1.30. The predicted molar refractivity (Wildman–Crippen MR) is 88.3 cm³/mol. The Kier molecular flexibility index (Phi) is 4.22. The molecule has 0 aliphatic carbocycles. The molecule has 0 unspecified atom stereocenters. The lowest BCUT2D eigenvalue weighted by Gasteiger charge is -2.04. The molecular formula is C16H13FN4O2S. The number of carbonyl (C=O) groups is 1.